The lowest BCUT2D eigenvalue weighted by Crippen LogP contribution is -2.33. The third-order valence-electron chi connectivity index (χ3n) is 8.09. The van der Waals surface area contributed by atoms with Gasteiger partial charge in [-0.15, -0.1) is 11.3 Å². The molecule has 0 radical (unpaired) electrons. The molecule has 4 aromatic carbocycles. The quantitative estimate of drug-likeness (QED) is 0.255. The topological polar surface area (TPSA) is 78.1 Å². The van der Waals surface area contributed by atoms with Gasteiger partial charge in [-0.05, 0) is 37.1 Å². The molecule has 0 saturated carbocycles. The first-order valence-corrected chi connectivity index (χ1v) is 14.4. The molecule has 0 aliphatic heterocycles. The largest absolute Gasteiger partial charge is 0.274 e. The number of pyridine rings is 2. The number of hydrogen-bond donors (Lipinski definition) is 0. The van der Waals surface area contributed by atoms with Crippen LogP contribution in [0.1, 0.15) is 39.5 Å². The third kappa shape index (κ3) is 3.20. The second-order valence-corrected chi connectivity index (χ2v) is 11.4. The molecule has 6 nitrogen and oxygen atoms in total. The van der Waals surface area contributed by atoms with Gasteiger partial charge in [-0.2, -0.15) is 0 Å². The molecule has 0 saturated heterocycles. The normalized spacial score (nSPS) is 12.4. The summed E-state index contributed by atoms with van der Waals surface area (Å²) >= 11 is 1.59. The number of benzene rings is 4. The smallest absolute Gasteiger partial charge is 0.261 e. The molecule has 0 fully saturated rings. The van der Waals surface area contributed by atoms with Crippen molar-refractivity contribution in [2.45, 2.75) is 52.6 Å². The molecule has 0 N–H and O–H groups in total. The molecule has 7 aromatic rings. The van der Waals surface area contributed by atoms with Crippen LogP contribution in [-0.2, 0) is 13.1 Å². The number of fused-ring (bicyclic) bond motifs is 5. The highest BCUT2D eigenvalue weighted by atomic mass is 32.1. The van der Waals surface area contributed by atoms with E-state index in [0.29, 0.717) is 45.4 Å². The van der Waals surface area contributed by atoms with Crippen LogP contribution in [0.15, 0.2) is 67.7 Å². The van der Waals surface area contributed by atoms with Gasteiger partial charge in [-0.1, -0.05) is 51.0 Å². The lowest BCUT2D eigenvalue weighted by Gasteiger charge is -2.11. The molecule has 0 bridgehead atoms. The summed E-state index contributed by atoms with van der Waals surface area (Å²) < 4.78 is 4.68. The van der Waals surface area contributed by atoms with E-state index in [4.69, 9.17) is 0 Å². The molecular formula is C32H26N2O4S. The molecule has 0 spiro atoms. The second kappa shape index (κ2) is 8.71. The Kier molecular flexibility index (Phi) is 5.36. The average Bonchev–Trinajstić information content (AvgIpc) is 3.33. The van der Waals surface area contributed by atoms with Crippen molar-refractivity contribution in [2.24, 2.45) is 0 Å². The van der Waals surface area contributed by atoms with E-state index in [1.807, 2.05) is 50.2 Å². The first-order valence-electron chi connectivity index (χ1n) is 13.6. The molecule has 0 atom stereocenters. The third-order valence-corrected chi connectivity index (χ3v) is 9.38. The highest BCUT2D eigenvalue weighted by molar-refractivity contribution is 7.27. The van der Waals surface area contributed by atoms with E-state index in [9.17, 15) is 19.2 Å². The van der Waals surface area contributed by atoms with E-state index in [0.717, 1.165) is 56.6 Å². The first kappa shape index (κ1) is 24.0. The van der Waals surface area contributed by atoms with Crippen molar-refractivity contribution in [3.8, 4) is 0 Å². The molecule has 0 amide bonds. The van der Waals surface area contributed by atoms with Crippen molar-refractivity contribution in [2.75, 3.05) is 0 Å². The van der Waals surface area contributed by atoms with Crippen LogP contribution in [0.2, 0.25) is 0 Å². The number of nitrogens with zero attached hydrogens (tertiary/aromatic N) is 2. The van der Waals surface area contributed by atoms with Crippen molar-refractivity contribution in [3.63, 3.8) is 0 Å². The highest BCUT2D eigenvalue weighted by Gasteiger charge is 2.21. The molecule has 7 heteroatoms. The zero-order valence-corrected chi connectivity index (χ0v) is 22.6. The Hall–Kier alpha value is -4.10. The summed E-state index contributed by atoms with van der Waals surface area (Å²) in [5, 5.41) is 7.07. The second-order valence-electron chi connectivity index (χ2n) is 10.4. The Morgan fingerprint density at radius 3 is 1.33 bits per heavy atom. The van der Waals surface area contributed by atoms with Crippen molar-refractivity contribution in [3.05, 3.63) is 89.9 Å². The molecule has 0 aliphatic carbocycles. The zero-order chi connectivity index (χ0) is 27.0. The van der Waals surface area contributed by atoms with Crippen molar-refractivity contribution < 1.29 is 0 Å². The maximum atomic E-state index is 13.7. The van der Waals surface area contributed by atoms with Gasteiger partial charge in [0.2, 0.25) is 0 Å². The average molecular weight is 535 g/mol. The van der Waals surface area contributed by atoms with Gasteiger partial charge in [0.1, 0.15) is 0 Å². The van der Waals surface area contributed by atoms with Crippen LogP contribution in [0.4, 0.5) is 0 Å². The maximum Gasteiger partial charge on any atom is 0.261 e. The molecule has 7 rings (SSSR count). The van der Waals surface area contributed by atoms with E-state index < -0.39 is 0 Å². The van der Waals surface area contributed by atoms with Gasteiger partial charge >= 0.3 is 0 Å². The summed E-state index contributed by atoms with van der Waals surface area (Å²) in [5.74, 6) is 0. The van der Waals surface area contributed by atoms with Crippen LogP contribution in [0, 0.1) is 0 Å². The lowest BCUT2D eigenvalue weighted by molar-refractivity contribution is 0.604. The zero-order valence-electron chi connectivity index (χ0n) is 21.8. The summed E-state index contributed by atoms with van der Waals surface area (Å²) in [6.07, 6.45) is 3.26. The Labute approximate surface area is 226 Å². The molecular weight excluding hydrogens is 508 g/mol. The first-order chi connectivity index (χ1) is 19.0. The van der Waals surface area contributed by atoms with E-state index in [1.165, 1.54) is 9.13 Å². The van der Waals surface area contributed by atoms with Gasteiger partial charge in [-0.25, -0.2) is 0 Å². The van der Waals surface area contributed by atoms with E-state index in [-0.39, 0.29) is 22.2 Å². The predicted octanol–water partition coefficient (Wildman–Crippen LogP) is 6.19. The molecule has 39 heavy (non-hydrogen) atoms. The van der Waals surface area contributed by atoms with Crippen molar-refractivity contribution >= 4 is 74.6 Å². The van der Waals surface area contributed by atoms with Gasteiger partial charge in [0.05, 0.1) is 0 Å². The fourth-order valence-corrected chi connectivity index (χ4v) is 7.46. The SMILES string of the molecule is CCCCn1c(=O)c2cccc3c4sc5c(cc6c(=O)n(CCCC)c(=O)c7cccc5c76)c4cc(c1=O)c23. The highest BCUT2D eigenvalue weighted by Crippen LogP contribution is 2.44. The van der Waals surface area contributed by atoms with Gasteiger partial charge in [0.25, 0.3) is 22.2 Å². The van der Waals surface area contributed by atoms with Crippen LogP contribution in [0.5, 0.6) is 0 Å². The van der Waals surface area contributed by atoms with E-state index >= 15 is 0 Å². The minimum absolute atomic E-state index is 0.244. The summed E-state index contributed by atoms with van der Waals surface area (Å²) in [5.41, 5.74) is -1.02. The fraction of sp³-hybridized carbons (Fsp3) is 0.250. The molecule has 0 aliphatic rings. The van der Waals surface area contributed by atoms with Crippen LogP contribution in [0.25, 0.3) is 63.3 Å². The molecule has 0 unspecified atom stereocenters. The van der Waals surface area contributed by atoms with Gasteiger partial charge in [0, 0.05) is 76.4 Å². The fourth-order valence-electron chi connectivity index (χ4n) is 6.14. The monoisotopic (exact) mass is 534 g/mol. The van der Waals surface area contributed by atoms with Gasteiger partial charge in [0.15, 0.2) is 0 Å². The number of unbranched alkanes of at least 4 members (excludes halogenated alkanes) is 2. The number of hydrogen-bond acceptors (Lipinski definition) is 5. The lowest BCUT2D eigenvalue weighted by atomic mass is 9.96. The van der Waals surface area contributed by atoms with E-state index in [1.54, 1.807) is 23.5 Å². The van der Waals surface area contributed by atoms with Crippen LogP contribution < -0.4 is 22.2 Å². The summed E-state index contributed by atoms with van der Waals surface area (Å²) in [7, 11) is 0. The van der Waals surface area contributed by atoms with Crippen LogP contribution in [-0.4, -0.2) is 9.13 Å². The maximum absolute atomic E-state index is 13.7. The minimum Gasteiger partial charge on any atom is -0.274 e. The van der Waals surface area contributed by atoms with Gasteiger partial charge in [-0.3, -0.25) is 28.3 Å². The van der Waals surface area contributed by atoms with Crippen LogP contribution >= 0.6 is 11.3 Å². The Balaban J connectivity index is 1.69. The van der Waals surface area contributed by atoms with Gasteiger partial charge < -0.3 is 0 Å². The molecule has 3 aromatic heterocycles. The van der Waals surface area contributed by atoms with E-state index in [2.05, 4.69) is 0 Å². The Morgan fingerprint density at radius 2 is 0.923 bits per heavy atom. The minimum atomic E-state index is -0.268. The Bertz CT molecular complexity index is 2180. The molecule has 194 valence electrons. The number of thiophene rings is 1. The number of rotatable bonds is 6. The molecule has 3 heterocycles. The summed E-state index contributed by atoms with van der Waals surface area (Å²) in [6, 6.07) is 15.1. The Morgan fingerprint density at radius 1 is 0.538 bits per heavy atom. The summed E-state index contributed by atoms with van der Waals surface area (Å²) in [4.78, 5) is 54.0. The van der Waals surface area contributed by atoms with Crippen LogP contribution in [0.3, 0.4) is 0 Å². The predicted molar refractivity (Wildman–Crippen MR) is 163 cm³/mol. The van der Waals surface area contributed by atoms with Crippen molar-refractivity contribution in [1.82, 2.24) is 9.13 Å². The summed E-state index contributed by atoms with van der Waals surface area (Å²) in [6.45, 7) is 4.85. The number of aromatic nitrogens is 2. The standard InChI is InChI=1S/C32H26N2O4S/c1-3-5-13-33-29(35)19-11-7-9-17-25(19)23(31(33)37)15-21-22-16-24-26-18(28(22)39-27(17)21)10-8-12-20(26)30(36)34(32(24)38)14-6-4-2/h7-12,15-16H,3-6,13-14H2,1-2H3. The van der Waals surface area contributed by atoms with Crippen molar-refractivity contribution in [1.29, 1.82) is 0 Å².